The fourth-order valence-electron chi connectivity index (χ4n) is 1.32. The average Bonchev–Trinajstić information content (AvgIpc) is 2.33. The molecule has 106 valence electrons. The summed E-state index contributed by atoms with van der Waals surface area (Å²) in [5.74, 6) is 0.500. The molecule has 1 amide bonds. The van der Waals surface area contributed by atoms with Crippen molar-refractivity contribution in [2.75, 3.05) is 12.3 Å². The number of pyridine rings is 1. The van der Waals surface area contributed by atoms with Crippen LogP contribution < -0.4 is 5.32 Å². The highest BCUT2D eigenvalue weighted by Gasteiger charge is 2.16. The zero-order valence-electron chi connectivity index (χ0n) is 11.5. The van der Waals surface area contributed by atoms with Gasteiger partial charge in [0.2, 0.25) is 0 Å². The minimum atomic E-state index is -1.05. The van der Waals surface area contributed by atoms with Crippen molar-refractivity contribution in [3.8, 4) is 0 Å². The number of carbonyl (C=O) groups excluding carboxylic acids is 1. The summed E-state index contributed by atoms with van der Waals surface area (Å²) in [5.41, 5.74) is -0.496. The van der Waals surface area contributed by atoms with Gasteiger partial charge in [0, 0.05) is 37.5 Å². The molecule has 0 spiro atoms. The quantitative estimate of drug-likeness (QED) is 0.664. The van der Waals surface area contributed by atoms with E-state index in [1.807, 2.05) is 20.8 Å². The summed E-state index contributed by atoms with van der Waals surface area (Å²) in [6.07, 6.45) is 3.43. The number of hydrogen-bond acceptors (Lipinski definition) is 4. The molecular formula is C13H20N2O3S. The van der Waals surface area contributed by atoms with Crippen molar-refractivity contribution in [3.05, 3.63) is 24.5 Å². The van der Waals surface area contributed by atoms with Gasteiger partial charge in [-0.3, -0.25) is 4.98 Å². The van der Waals surface area contributed by atoms with Gasteiger partial charge in [-0.25, -0.2) is 4.79 Å². The smallest absolute Gasteiger partial charge is 0.407 e. The van der Waals surface area contributed by atoms with Crippen LogP contribution >= 0.6 is 0 Å². The van der Waals surface area contributed by atoms with Gasteiger partial charge >= 0.3 is 6.09 Å². The molecule has 1 rings (SSSR count). The van der Waals surface area contributed by atoms with Crippen LogP contribution in [0.25, 0.3) is 0 Å². The van der Waals surface area contributed by atoms with Gasteiger partial charge in [0.25, 0.3) is 0 Å². The van der Waals surface area contributed by atoms with Crippen molar-refractivity contribution in [1.29, 1.82) is 0 Å². The first-order valence-corrected chi connectivity index (χ1v) is 7.45. The van der Waals surface area contributed by atoms with Crippen molar-refractivity contribution in [3.63, 3.8) is 0 Å². The molecule has 0 bridgehead atoms. The first-order chi connectivity index (χ1) is 8.88. The van der Waals surface area contributed by atoms with Crippen LogP contribution in [0.2, 0.25) is 0 Å². The molecule has 19 heavy (non-hydrogen) atoms. The zero-order valence-corrected chi connectivity index (χ0v) is 12.3. The molecular weight excluding hydrogens is 264 g/mol. The van der Waals surface area contributed by atoms with Crippen molar-refractivity contribution >= 4 is 17.3 Å². The van der Waals surface area contributed by atoms with Crippen LogP contribution in [0.3, 0.4) is 0 Å². The van der Waals surface area contributed by atoms with E-state index in [9.17, 15) is 9.35 Å². The van der Waals surface area contributed by atoms with Crippen molar-refractivity contribution in [2.24, 2.45) is 0 Å². The number of alkyl carbamates (subject to hydrolysis) is 1. The van der Waals surface area contributed by atoms with E-state index in [2.05, 4.69) is 10.3 Å². The molecule has 0 aromatic carbocycles. The lowest BCUT2D eigenvalue weighted by Crippen LogP contribution is -2.33. The Morgan fingerprint density at radius 3 is 2.63 bits per heavy atom. The Morgan fingerprint density at radius 1 is 1.42 bits per heavy atom. The number of amides is 1. The summed E-state index contributed by atoms with van der Waals surface area (Å²) in [7, 11) is 0. The van der Waals surface area contributed by atoms with E-state index in [0.29, 0.717) is 18.7 Å². The Balaban J connectivity index is 2.19. The third kappa shape index (κ3) is 7.03. The minimum Gasteiger partial charge on any atom is -0.611 e. The molecule has 0 saturated carbocycles. The number of aromatic nitrogens is 1. The lowest BCUT2D eigenvalue weighted by atomic mass is 10.2. The second-order valence-electron chi connectivity index (χ2n) is 5.01. The molecule has 1 N–H and O–H groups in total. The van der Waals surface area contributed by atoms with Crippen LogP contribution in [0, 0.1) is 0 Å². The summed E-state index contributed by atoms with van der Waals surface area (Å²) in [6.45, 7) is 5.88. The summed E-state index contributed by atoms with van der Waals surface area (Å²) in [5, 5.41) is 2.64. The largest absolute Gasteiger partial charge is 0.611 e. The monoisotopic (exact) mass is 284 g/mol. The predicted octanol–water partition coefficient (Wildman–Crippen LogP) is 2.10. The Hall–Kier alpha value is -1.27. The van der Waals surface area contributed by atoms with Crippen LogP contribution in [0.15, 0.2) is 29.4 Å². The van der Waals surface area contributed by atoms with Gasteiger partial charge in [-0.05, 0) is 31.9 Å². The van der Waals surface area contributed by atoms with Gasteiger partial charge in [-0.1, -0.05) is 0 Å². The highest BCUT2D eigenvalue weighted by Crippen LogP contribution is 2.10. The maximum absolute atomic E-state index is 11.9. The highest BCUT2D eigenvalue weighted by atomic mass is 32.2. The molecule has 1 atom stereocenters. The van der Waals surface area contributed by atoms with Crippen molar-refractivity contribution in [1.82, 2.24) is 10.3 Å². The number of rotatable bonds is 5. The number of hydrogen-bond donors (Lipinski definition) is 1. The molecule has 1 aromatic rings. The lowest BCUT2D eigenvalue weighted by Gasteiger charge is -2.19. The van der Waals surface area contributed by atoms with Crippen LogP contribution in [-0.4, -0.2) is 33.5 Å². The Kier molecular flexibility index (Phi) is 6.11. The average molecular weight is 284 g/mol. The van der Waals surface area contributed by atoms with Gasteiger partial charge < -0.3 is 14.6 Å². The zero-order chi connectivity index (χ0) is 14.3. The van der Waals surface area contributed by atoms with Crippen LogP contribution in [-0.2, 0) is 15.9 Å². The van der Waals surface area contributed by atoms with Gasteiger partial charge in [0.1, 0.15) is 11.4 Å². The first kappa shape index (κ1) is 15.8. The van der Waals surface area contributed by atoms with E-state index < -0.39 is 22.9 Å². The topological polar surface area (TPSA) is 74.3 Å². The molecule has 0 aliphatic heterocycles. The van der Waals surface area contributed by atoms with Gasteiger partial charge in [0.15, 0.2) is 4.90 Å². The summed E-state index contributed by atoms with van der Waals surface area (Å²) >= 11 is -1.05. The number of carbonyl (C=O) groups is 1. The molecule has 1 unspecified atom stereocenters. The molecule has 0 aliphatic rings. The van der Waals surface area contributed by atoms with Crippen molar-refractivity contribution in [2.45, 2.75) is 37.7 Å². The van der Waals surface area contributed by atoms with Crippen LogP contribution in [0.4, 0.5) is 4.79 Å². The van der Waals surface area contributed by atoms with E-state index in [-0.39, 0.29) is 0 Å². The third-order valence-corrected chi connectivity index (χ3v) is 3.54. The van der Waals surface area contributed by atoms with E-state index in [1.54, 1.807) is 24.5 Å². The van der Waals surface area contributed by atoms with E-state index in [4.69, 9.17) is 4.74 Å². The summed E-state index contributed by atoms with van der Waals surface area (Å²) < 4.78 is 17.0. The summed E-state index contributed by atoms with van der Waals surface area (Å²) in [6, 6.07) is 3.47. The van der Waals surface area contributed by atoms with E-state index >= 15 is 0 Å². The Bertz CT molecular complexity index is 393. The number of ether oxygens (including phenoxy) is 1. The molecule has 0 fully saturated rings. The van der Waals surface area contributed by atoms with E-state index in [0.717, 1.165) is 4.90 Å². The normalized spacial score (nSPS) is 12.8. The second kappa shape index (κ2) is 7.35. The van der Waals surface area contributed by atoms with Crippen molar-refractivity contribution < 1.29 is 14.1 Å². The molecule has 1 aromatic heterocycles. The standard InChI is InChI=1S/C13H20N2O3S/c1-13(2,3)18-12(16)15-7-4-10-19(17)11-5-8-14-9-6-11/h5-6,8-9H,4,7,10H2,1-3H3,(H,15,16). The molecule has 0 aliphatic carbocycles. The first-order valence-electron chi connectivity index (χ1n) is 6.14. The molecule has 6 heteroatoms. The number of nitrogens with one attached hydrogen (secondary N) is 1. The minimum absolute atomic E-state index is 0.442. The molecule has 5 nitrogen and oxygen atoms in total. The number of nitrogens with zero attached hydrogens (tertiary/aromatic N) is 1. The molecule has 0 radical (unpaired) electrons. The van der Waals surface area contributed by atoms with Gasteiger partial charge in [0.05, 0.1) is 0 Å². The second-order valence-corrected chi connectivity index (χ2v) is 6.59. The molecule has 1 heterocycles. The van der Waals surface area contributed by atoms with Gasteiger partial charge in [-0.15, -0.1) is 0 Å². The van der Waals surface area contributed by atoms with E-state index in [1.165, 1.54) is 0 Å². The Morgan fingerprint density at radius 2 is 2.05 bits per heavy atom. The van der Waals surface area contributed by atoms with Crippen LogP contribution in [0.1, 0.15) is 27.2 Å². The lowest BCUT2D eigenvalue weighted by molar-refractivity contribution is 0.0528. The van der Waals surface area contributed by atoms with Crippen LogP contribution in [0.5, 0.6) is 0 Å². The maximum Gasteiger partial charge on any atom is 0.407 e. The highest BCUT2D eigenvalue weighted by molar-refractivity contribution is 7.91. The predicted molar refractivity (Wildman–Crippen MR) is 74.4 cm³/mol. The maximum atomic E-state index is 11.9. The third-order valence-electron chi connectivity index (χ3n) is 2.09. The SMILES string of the molecule is CC(C)(C)OC(=O)NCCC[S+]([O-])c1ccncc1. The fraction of sp³-hybridized carbons (Fsp3) is 0.538. The van der Waals surface area contributed by atoms with Gasteiger partial charge in [-0.2, -0.15) is 0 Å². The molecule has 0 saturated heterocycles. The summed E-state index contributed by atoms with van der Waals surface area (Å²) in [4.78, 5) is 16.0. The fourth-order valence-corrected chi connectivity index (χ4v) is 2.38. The Labute approximate surface area is 116 Å².